The molecular formula is C21H28N4O4. The lowest BCUT2D eigenvalue weighted by Crippen LogP contribution is -2.47. The van der Waals surface area contributed by atoms with Gasteiger partial charge in [0.15, 0.2) is 0 Å². The Balaban J connectivity index is 1.77. The molecule has 0 atom stereocenters. The number of hydrogen-bond acceptors (Lipinski definition) is 7. The van der Waals surface area contributed by atoms with Gasteiger partial charge in [0.1, 0.15) is 0 Å². The second-order valence-electron chi connectivity index (χ2n) is 7.06. The molecule has 2 aromatic carbocycles. The van der Waals surface area contributed by atoms with Crippen molar-refractivity contribution in [3.05, 3.63) is 47.5 Å². The van der Waals surface area contributed by atoms with Crippen LogP contribution in [-0.2, 0) is 6.42 Å². The minimum absolute atomic E-state index is 0.108. The number of nitrogens with zero attached hydrogens (tertiary/aromatic N) is 2. The van der Waals surface area contributed by atoms with Crippen molar-refractivity contribution in [2.24, 2.45) is 0 Å². The highest BCUT2D eigenvalue weighted by Crippen LogP contribution is 2.31. The normalized spacial score (nSPS) is 14.8. The summed E-state index contributed by atoms with van der Waals surface area (Å²) in [6.07, 6.45) is 0.182. The van der Waals surface area contributed by atoms with Gasteiger partial charge in [-0.3, -0.25) is 4.90 Å². The van der Waals surface area contributed by atoms with Crippen LogP contribution in [0, 0.1) is 0 Å². The number of anilines is 4. The summed E-state index contributed by atoms with van der Waals surface area (Å²) < 4.78 is 0. The first-order chi connectivity index (χ1) is 14.0. The molecule has 156 valence electrons. The summed E-state index contributed by atoms with van der Waals surface area (Å²) >= 11 is 0. The third-order valence-electron chi connectivity index (χ3n) is 5.23. The third kappa shape index (κ3) is 4.97. The maximum atomic E-state index is 11.4. The van der Waals surface area contributed by atoms with E-state index in [0.29, 0.717) is 23.5 Å². The van der Waals surface area contributed by atoms with Gasteiger partial charge in [0.05, 0.1) is 23.5 Å². The average Bonchev–Trinajstić information content (AvgIpc) is 2.72. The number of piperazine rings is 1. The standard InChI is InChI=1S/C21H28N4O4/c22-20-17(6-12-26)18(21(28)29)4-5-19(20)23-15-2-1-3-16(14-15)25-9-7-24(8-10-25)11-13-27/h1-5,14,23,26-27H,6-13,22H2,(H,28,29). The van der Waals surface area contributed by atoms with Gasteiger partial charge in [0.25, 0.3) is 0 Å². The number of carboxylic acids is 1. The molecule has 8 heteroatoms. The van der Waals surface area contributed by atoms with Crippen molar-refractivity contribution in [2.45, 2.75) is 6.42 Å². The molecule has 1 heterocycles. The Kier molecular flexibility index (Phi) is 6.92. The van der Waals surface area contributed by atoms with Crippen LogP contribution in [0.3, 0.4) is 0 Å². The van der Waals surface area contributed by atoms with Gasteiger partial charge in [0.2, 0.25) is 0 Å². The molecule has 0 amide bonds. The van der Waals surface area contributed by atoms with Crippen molar-refractivity contribution in [3.63, 3.8) is 0 Å². The fourth-order valence-corrected chi connectivity index (χ4v) is 3.66. The summed E-state index contributed by atoms with van der Waals surface area (Å²) in [5, 5.41) is 31.0. The number of aliphatic hydroxyl groups excluding tert-OH is 2. The molecule has 6 N–H and O–H groups in total. The van der Waals surface area contributed by atoms with Crippen molar-refractivity contribution in [1.29, 1.82) is 0 Å². The van der Waals surface area contributed by atoms with Crippen LogP contribution in [0.5, 0.6) is 0 Å². The van der Waals surface area contributed by atoms with Gasteiger partial charge in [-0.05, 0) is 42.3 Å². The quantitative estimate of drug-likeness (QED) is 0.421. The summed E-state index contributed by atoms with van der Waals surface area (Å²) in [6, 6.07) is 11.2. The first-order valence-corrected chi connectivity index (χ1v) is 9.74. The molecule has 2 aromatic rings. The maximum Gasteiger partial charge on any atom is 0.336 e. The first kappa shape index (κ1) is 20.9. The van der Waals surface area contributed by atoms with E-state index >= 15 is 0 Å². The van der Waals surface area contributed by atoms with Crippen LogP contribution >= 0.6 is 0 Å². The number of aromatic carboxylic acids is 1. The van der Waals surface area contributed by atoms with E-state index in [1.165, 1.54) is 6.07 Å². The van der Waals surface area contributed by atoms with Crippen molar-refractivity contribution >= 4 is 28.7 Å². The summed E-state index contributed by atoms with van der Waals surface area (Å²) in [5.41, 5.74) is 9.64. The number of nitrogen functional groups attached to an aromatic ring is 1. The number of carboxylic acid groups (broad SMARTS) is 1. The lowest BCUT2D eigenvalue weighted by molar-refractivity contribution is 0.0695. The van der Waals surface area contributed by atoms with E-state index in [2.05, 4.69) is 21.2 Å². The zero-order chi connectivity index (χ0) is 20.8. The number of aliphatic hydroxyl groups is 2. The van der Waals surface area contributed by atoms with Gasteiger partial charge in [-0.15, -0.1) is 0 Å². The molecule has 0 saturated carbocycles. The van der Waals surface area contributed by atoms with Crippen LogP contribution in [0.1, 0.15) is 15.9 Å². The minimum atomic E-state index is -1.06. The molecule has 1 saturated heterocycles. The van der Waals surface area contributed by atoms with Crippen molar-refractivity contribution < 1.29 is 20.1 Å². The van der Waals surface area contributed by atoms with E-state index in [-0.39, 0.29) is 25.2 Å². The number of nitrogens with one attached hydrogen (secondary N) is 1. The topological polar surface area (TPSA) is 122 Å². The fourth-order valence-electron chi connectivity index (χ4n) is 3.66. The Morgan fingerprint density at radius 3 is 2.48 bits per heavy atom. The Hall–Kier alpha value is -2.81. The number of benzene rings is 2. The second-order valence-corrected chi connectivity index (χ2v) is 7.06. The summed E-state index contributed by atoms with van der Waals surface area (Å²) in [6.45, 7) is 4.31. The van der Waals surface area contributed by atoms with Gasteiger partial charge >= 0.3 is 5.97 Å². The molecule has 8 nitrogen and oxygen atoms in total. The molecular weight excluding hydrogens is 372 g/mol. The Morgan fingerprint density at radius 2 is 1.83 bits per heavy atom. The highest BCUT2D eigenvalue weighted by atomic mass is 16.4. The minimum Gasteiger partial charge on any atom is -0.478 e. The van der Waals surface area contributed by atoms with Crippen molar-refractivity contribution in [3.8, 4) is 0 Å². The molecule has 1 aliphatic rings. The van der Waals surface area contributed by atoms with Crippen LogP contribution in [0.2, 0.25) is 0 Å². The van der Waals surface area contributed by atoms with Gasteiger partial charge in [-0.25, -0.2) is 4.79 Å². The highest BCUT2D eigenvalue weighted by molar-refractivity contribution is 5.94. The Labute approximate surface area is 170 Å². The SMILES string of the molecule is Nc1c(Nc2cccc(N3CCN(CCO)CC3)c2)ccc(C(=O)O)c1CCO. The van der Waals surface area contributed by atoms with E-state index < -0.39 is 5.97 Å². The third-order valence-corrected chi connectivity index (χ3v) is 5.23. The summed E-state index contributed by atoms with van der Waals surface area (Å²) in [4.78, 5) is 16.0. The van der Waals surface area contributed by atoms with Crippen molar-refractivity contribution in [2.75, 3.05) is 61.9 Å². The molecule has 29 heavy (non-hydrogen) atoms. The molecule has 3 rings (SSSR count). The van der Waals surface area contributed by atoms with Crippen LogP contribution in [-0.4, -0.2) is 72.1 Å². The smallest absolute Gasteiger partial charge is 0.336 e. The summed E-state index contributed by atoms with van der Waals surface area (Å²) in [5.74, 6) is -1.06. The molecule has 0 bridgehead atoms. The molecule has 1 aliphatic heterocycles. The molecule has 0 aliphatic carbocycles. The highest BCUT2D eigenvalue weighted by Gasteiger charge is 2.18. The fraction of sp³-hybridized carbons (Fsp3) is 0.381. The molecule has 1 fully saturated rings. The predicted molar refractivity (Wildman–Crippen MR) is 114 cm³/mol. The zero-order valence-corrected chi connectivity index (χ0v) is 16.3. The number of nitrogens with two attached hydrogens (primary N) is 1. The lowest BCUT2D eigenvalue weighted by Gasteiger charge is -2.36. The average molecular weight is 400 g/mol. The number of carbonyl (C=O) groups is 1. The van der Waals surface area contributed by atoms with Crippen LogP contribution in [0.15, 0.2) is 36.4 Å². The predicted octanol–water partition coefficient (Wildman–Crippen LogP) is 1.36. The zero-order valence-electron chi connectivity index (χ0n) is 16.3. The van der Waals surface area contributed by atoms with Crippen molar-refractivity contribution in [1.82, 2.24) is 4.90 Å². The van der Waals surface area contributed by atoms with Gasteiger partial charge in [-0.2, -0.15) is 0 Å². The van der Waals surface area contributed by atoms with E-state index in [4.69, 9.17) is 10.8 Å². The van der Waals surface area contributed by atoms with E-state index in [1.807, 2.05) is 18.2 Å². The number of rotatable bonds is 8. The Morgan fingerprint density at radius 1 is 1.07 bits per heavy atom. The number of β-amino-alcohol motifs (C(OH)–C–C–N with tert-alkyl or cyclic N) is 1. The van der Waals surface area contributed by atoms with Gasteiger partial charge < -0.3 is 31.3 Å². The largest absolute Gasteiger partial charge is 0.478 e. The van der Waals surface area contributed by atoms with E-state index in [1.54, 1.807) is 6.07 Å². The van der Waals surface area contributed by atoms with Gasteiger partial charge in [-0.1, -0.05) is 6.07 Å². The molecule has 0 spiro atoms. The molecule has 0 unspecified atom stereocenters. The second kappa shape index (κ2) is 9.60. The Bertz CT molecular complexity index is 851. The lowest BCUT2D eigenvalue weighted by atomic mass is 10.0. The maximum absolute atomic E-state index is 11.4. The van der Waals surface area contributed by atoms with Crippen LogP contribution in [0.25, 0.3) is 0 Å². The van der Waals surface area contributed by atoms with E-state index in [9.17, 15) is 15.0 Å². The molecule has 0 radical (unpaired) electrons. The summed E-state index contributed by atoms with van der Waals surface area (Å²) in [7, 11) is 0. The molecule has 0 aromatic heterocycles. The first-order valence-electron chi connectivity index (χ1n) is 9.74. The van der Waals surface area contributed by atoms with E-state index in [0.717, 1.165) is 37.6 Å². The van der Waals surface area contributed by atoms with Gasteiger partial charge in [0, 0.05) is 50.7 Å². The van der Waals surface area contributed by atoms with Crippen LogP contribution < -0.4 is 16.0 Å². The number of hydrogen-bond donors (Lipinski definition) is 5. The van der Waals surface area contributed by atoms with Crippen LogP contribution in [0.4, 0.5) is 22.7 Å². The monoisotopic (exact) mass is 400 g/mol.